The predicted molar refractivity (Wildman–Crippen MR) is 43.0 cm³/mol. The lowest BCUT2D eigenvalue weighted by Crippen LogP contribution is -2.46. The molecule has 0 radical (unpaired) electrons. The van der Waals surface area contributed by atoms with Crippen LogP contribution < -0.4 is 5.73 Å². The Morgan fingerprint density at radius 2 is 2.42 bits per heavy atom. The summed E-state index contributed by atoms with van der Waals surface area (Å²) in [6, 6.07) is 0. The van der Waals surface area contributed by atoms with Gasteiger partial charge >= 0.3 is 5.66 Å². The van der Waals surface area contributed by atoms with Crippen LogP contribution in [-0.4, -0.2) is 21.8 Å². The van der Waals surface area contributed by atoms with E-state index >= 15 is 0 Å². The number of nitro groups is 1. The van der Waals surface area contributed by atoms with E-state index in [1.54, 1.807) is 0 Å². The quantitative estimate of drug-likeness (QED) is 0.263. The maximum Gasteiger partial charge on any atom is 0.312 e. The molecular weight excluding hydrogens is 184 g/mol. The third-order valence-electron chi connectivity index (χ3n) is 1.51. The zero-order chi connectivity index (χ0) is 9.35. The summed E-state index contributed by atoms with van der Waals surface area (Å²) in [6.07, 6.45) is 2.32. The monoisotopic (exact) mass is 190 g/mol. The van der Waals surface area contributed by atoms with Crippen molar-refractivity contribution in [2.75, 3.05) is 0 Å². The van der Waals surface area contributed by atoms with Crippen LogP contribution in [0.1, 0.15) is 0 Å². The number of nitrogens with two attached hydrogens (primary N) is 1. The topological polar surface area (TPSA) is 89.4 Å². The van der Waals surface area contributed by atoms with Crippen LogP contribution in [0.3, 0.4) is 0 Å². The molecule has 0 aliphatic heterocycles. The second kappa shape index (κ2) is 2.85. The molecule has 0 aromatic carbocycles. The summed E-state index contributed by atoms with van der Waals surface area (Å²) < 4.78 is 0. The molecule has 1 aliphatic carbocycles. The Hall–Kier alpha value is -0.910. The normalized spacial score (nSPS) is 34.6. The summed E-state index contributed by atoms with van der Waals surface area (Å²) >= 11 is 5.47. The fourth-order valence-corrected chi connectivity index (χ4v) is 1.05. The van der Waals surface area contributed by atoms with Crippen molar-refractivity contribution in [2.24, 2.45) is 5.73 Å². The average molecular weight is 191 g/mol. The highest BCUT2D eigenvalue weighted by Gasteiger charge is 2.36. The molecule has 0 saturated carbocycles. The highest BCUT2D eigenvalue weighted by Crippen LogP contribution is 2.21. The minimum atomic E-state index is -1.78. The predicted octanol–water partition coefficient (Wildman–Crippen LogP) is -0.0285. The number of halogens is 1. The Labute approximate surface area is 73.3 Å². The van der Waals surface area contributed by atoms with Gasteiger partial charge in [-0.2, -0.15) is 0 Å². The Morgan fingerprint density at radius 1 is 1.83 bits per heavy atom. The van der Waals surface area contributed by atoms with Gasteiger partial charge in [-0.3, -0.25) is 15.8 Å². The molecule has 2 unspecified atom stereocenters. The lowest BCUT2D eigenvalue weighted by atomic mass is 10.0. The first kappa shape index (κ1) is 9.18. The summed E-state index contributed by atoms with van der Waals surface area (Å²) in [5.74, 6) is 0. The van der Waals surface area contributed by atoms with Crippen LogP contribution in [0.5, 0.6) is 0 Å². The van der Waals surface area contributed by atoms with E-state index < -0.39 is 16.7 Å². The first-order chi connectivity index (χ1) is 5.46. The molecule has 0 saturated heterocycles. The van der Waals surface area contributed by atoms with Crippen LogP contribution in [0, 0.1) is 10.1 Å². The first-order valence-electron chi connectivity index (χ1n) is 3.15. The Kier molecular flexibility index (Phi) is 2.18. The zero-order valence-corrected chi connectivity index (χ0v) is 6.73. The van der Waals surface area contributed by atoms with Gasteiger partial charge in [-0.25, -0.2) is 0 Å². The number of aliphatic hydroxyl groups excluding tert-OH is 1. The van der Waals surface area contributed by atoms with Crippen LogP contribution >= 0.6 is 11.6 Å². The number of rotatable bonds is 1. The molecule has 5 nitrogen and oxygen atoms in total. The summed E-state index contributed by atoms with van der Waals surface area (Å²) in [6.45, 7) is 0. The van der Waals surface area contributed by atoms with E-state index in [-0.39, 0.29) is 5.03 Å². The smallest absolute Gasteiger partial charge is 0.312 e. The summed E-state index contributed by atoms with van der Waals surface area (Å²) in [7, 11) is 0. The maximum absolute atomic E-state index is 10.4. The summed E-state index contributed by atoms with van der Waals surface area (Å²) in [5, 5.41) is 19.4. The van der Waals surface area contributed by atoms with Crippen LogP contribution in [0.15, 0.2) is 23.3 Å². The highest BCUT2D eigenvalue weighted by atomic mass is 35.5. The van der Waals surface area contributed by atoms with E-state index in [2.05, 4.69) is 0 Å². The molecule has 0 aromatic rings. The molecule has 0 amide bonds. The number of hydrogen-bond donors (Lipinski definition) is 2. The molecule has 2 atom stereocenters. The largest absolute Gasteiger partial charge is 0.383 e. The maximum atomic E-state index is 10.4. The van der Waals surface area contributed by atoms with Crippen LogP contribution in [-0.2, 0) is 0 Å². The van der Waals surface area contributed by atoms with Crippen molar-refractivity contribution in [2.45, 2.75) is 11.8 Å². The Morgan fingerprint density at radius 3 is 2.83 bits per heavy atom. The lowest BCUT2D eigenvalue weighted by molar-refractivity contribution is -0.539. The van der Waals surface area contributed by atoms with Crippen molar-refractivity contribution in [1.29, 1.82) is 0 Å². The molecule has 12 heavy (non-hydrogen) atoms. The van der Waals surface area contributed by atoms with Gasteiger partial charge in [-0.1, -0.05) is 11.6 Å². The molecule has 0 aromatic heterocycles. The molecule has 6 heteroatoms. The van der Waals surface area contributed by atoms with Gasteiger partial charge in [-0.05, 0) is 6.08 Å². The van der Waals surface area contributed by atoms with Crippen molar-refractivity contribution in [3.63, 3.8) is 0 Å². The van der Waals surface area contributed by atoms with Crippen LogP contribution in [0.2, 0.25) is 0 Å². The van der Waals surface area contributed by atoms with Crippen LogP contribution in [0.25, 0.3) is 0 Å². The fraction of sp³-hybridized carbons (Fsp3) is 0.333. The second-order valence-electron chi connectivity index (χ2n) is 2.48. The second-order valence-corrected chi connectivity index (χ2v) is 2.91. The zero-order valence-electron chi connectivity index (χ0n) is 5.98. The third kappa shape index (κ3) is 1.47. The van der Waals surface area contributed by atoms with E-state index in [0.29, 0.717) is 0 Å². The number of hydrogen-bond acceptors (Lipinski definition) is 4. The van der Waals surface area contributed by atoms with Gasteiger partial charge in [-0.15, -0.1) is 0 Å². The van der Waals surface area contributed by atoms with Gasteiger partial charge in [0, 0.05) is 12.2 Å². The van der Waals surface area contributed by atoms with E-state index in [1.165, 1.54) is 6.08 Å². The van der Waals surface area contributed by atoms with Crippen molar-refractivity contribution in [1.82, 2.24) is 0 Å². The SMILES string of the molecule is NC1([N+](=O)[O-])C=CC(O)C(Cl)=C1. The number of nitrogens with zero attached hydrogens (tertiary/aromatic N) is 1. The molecule has 1 aliphatic rings. The van der Waals surface area contributed by atoms with Gasteiger partial charge in [0.25, 0.3) is 0 Å². The van der Waals surface area contributed by atoms with E-state index in [0.717, 1.165) is 12.2 Å². The molecular formula is C6H7ClN2O3. The standard InChI is InChI=1S/C6H7ClN2O3/c7-4-3-6(8,9(11)12)2-1-5(4)10/h1-3,5,10H,8H2. The van der Waals surface area contributed by atoms with E-state index in [1.807, 2.05) is 0 Å². The fourth-order valence-electron chi connectivity index (χ4n) is 0.805. The van der Waals surface area contributed by atoms with Crippen molar-refractivity contribution in [3.8, 4) is 0 Å². The van der Waals surface area contributed by atoms with Gasteiger partial charge in [0.2, 0.25) is 0 Å². The van der Waals surface area contributed by atoms with Crippen LogP contribution in [0.4, 0.5) is 0 Å². The highest BCUT2D eigenvalue weighted by molar-refractivity contribution is 6.30. The average Bonchev–Trinajstić information content (AvgIpc) is 1.97. The minimum absolute atomic E-state index is 0.0308. The first-order valence-corrected chi connectivity index (χ1v) is 3.52. The molecule has 0 heterocycles. The molecule has 3 N–H and O–H groups in total. The van der Waals surface area contributed by atoms with Gasteiger partial charge in [0.05, 0.1) is 9.96 Å². The summed E-state index contributed by atoms with van der Waals surface area (Å²) in [4.78, 5) is 9.69. The molecule has 66 valence electrons. The molecule has 0 spiro atoms. The Bertz CT molecular complexity index is 276. The third-order valence-corrected chi connectivity index (χ3v) is 1.85. The van der Waals surface area contributed by atoms with Gasteiger partial charge in [0.1, 0.15) is 6.10 Å². The molecule has 0 bridgehead atoms. The van der Waals surface area contributed by atoms with Crippen molar-refractivity contribution < 1.29 is 10.0 Å². The lowest BCUT2D eigenvalue weighted by Gasteiger charge is -2.18. The Balaban J connectivity index is 2.99. The van der Waals surface area contributed by atoms with Crippen molar-refractivity contribution >= 4 is 11.6 Å². The van der Waals surface area contributed by atoms with E-state index in [9.17, 15) is 10.1 Å². The van der Waals surface area contributed by atoms with Gasteiger partial charge < -0.3 is 5.11 Å². The number of aliphatic hydroxyl groups is 1. The van der Waals surface area contributed by atoms with Gasteiger partial charge in [0.15, 0.2) is 0 Å². The molecule has 0 fully saturated rings. The van der Waals surface area contributed by atoms with Crippen molar-refractivity contribution in [3.05, 3.63) is 33.4 Å². The van der Waals surface area contributed by atoms with E-state index in [4.69, 9.17) is 22.4 Å². The molecule has 1 rings (SSSR count). The summed E-state index contributed by atoms with van der Waals surface area (Å²) in [5.41, 5.74) is 3.52. The minimum Gasteiger partial charge on any atom is -0.383 e.